The molecule has 3 aromatic rings. The summed E-state index contributed by atoms with van der Waals surface area (Å²) in [7, 11) is 0. The molecule has 0 unspecified atom stereocenters. The average molecular weight is 374 g/mol. The van der Waals surface area contributed by atoms with Gasteiger partial charge in [0.25, 0.3) is 5.91 Å². The third-order valence-corrected chi connectivity index (χ3v) is 4.30. The van der Waals surface area contributed by atoms with Gasteiger partial charge in [0.1, 0.15) is 17.8 Å². The quantitative estimate of drug-likeness (QED) is 0.606. The summed E-state index contributed by atoms with van der Waals surface area (Å²) in [6.07, 6.45) is 1.34. The minimum Gasteiger partial charge on any atom is -0.340 e. The van der Waals surface area contributed by atoms with E-state index in [-0.39, 0.29) is 17.4 Å². The van der Waals surface area contributed by atoms with Gasteiger partial charge >= 0.3 is 0 Å². The van der Waals surface area contributed by atoms with Gasteiger partial charge in [-0.3, -0.25) is 9.59 Å². The molecule has 6 heteroatoms. The Kier molecular flexibility index (Phi) is 5.79. The summed E-state index contributed by atoms with van der Waals surface area (Å²) in [4.78, 5) is 32.0. The third-order valence-electron chi connectivity index (χ3n) is 4.30. The molecule has 0 aliphatic rings. The van der Waals surface area contributed by atoms with Crippen molar-refractivity contribution in [3.8, 4) is 0 Å². The monoisotopic (exact) mass is 374 g/mol. The molecule has 0 atom stereocenters. The molecular formula is C22H22N4O2. The molecule has 6 nitrogen and oxygen atoms in total. The summed E-state index contributed by atoms with van der Waals surface area (Å²) in [6.45, 7) is 5.77. The van der Waals surface area contributed by atoms with Crippen LogP contribution in [0.15, 0.2) is 60.9 Å². The Morgan fingerprint density at radius 3 is 2.14 bits per heavy atom. The molecule has 1 aromatic heterocycles. The number of carbonyl (C=O) groups excluding carboxylic acids is 2. The number of nitrogens with one attached hydrogen (secondary N) is 2. The van der Waals surface area contributed by atoms with Crippen LogP contribution >= 0.6 is 0 Å². The van der Waals surface area contributed by atoms with Gasteiger partial charge in [-0.25, -0.2) is 9.97 Å². The number of benzene rings is 2. The van der Waals surface area contributed by atoms with E-state index >= 15 is 0 Å². The van der Waals surface area contributed by atoms with Crippen LogP contribution in [0.25, 0.3) is 0 Å². The predicted octanol–water partition coefficient (Wildman–Crippen LogP) is 4.80. The summed E-state index contributed by atoms with van der Waals surface area (Å²) in [5.74, 6) is 0.624. The van der Waals surface area contributed by atoms with Crippen molar-refractivity contribution in [1.29, 1.82) is 0 Å². The van der Waals surface area contributed by atoms with Crippen molar-refractivity contribution in [2.45, 2.75) is 26.7 Å². The third kappa shape index (κ3) is 4.79. The van der Waals surface area contributed by atoms with Crippen LogP contribution in [0.1, 0.15) is 53.1 Å². The maximum Gasteiger partial charge on any atom is 0.274 e. The van der Waals surface area contributed by atoms with Crippen LogP contribution in [0.3, 0.4) is 0 Å². The number of amides is 1. The molecule has 2 N–H and O–H groups in total. The summed E-state index contributed by atoms with van der Waals surface area (Å²) >= 11 is 0. The molecule has 0 aliphatic heterocycles. The van der Waals surface area contributed by atoms with Crippen molar-refractivity contribution >= 4 is 28.9 Å². The van der Waals surface area contributed by atoms with Crippen molar-refractivity contribution < 1.29 is 9.59 Å². The first-order valence-corrected chi connectivity index (χ1v) is 9.04. The van der Waals surface area contributed by atoms with E-state index in [2.05, 4.69) is 34.4 Å². The topological polar surface area (TPSA) is 84.0 Å². The van der Waals surface area contributed by atoms with Gasteiger partial charge < -0.3 is 10.6 Å². The molecule has 0 aliphatic carbocycles. The second kappa shape index (κ2) is 8.43. The van der Waals surface area contributed by atoms with Crippen molar-refractivity contribution in [2.75, 3.05) is 10.6 Å². The number of Topliss-reactive ketones (excluding diaryl/α,β-unsaturated/α-hetero) is 1. The number of rotatable bonds is 6. The lowest BCUT2D eigenvalue weighted by atomic mass is 10.0. The van der Waals surface area contributed by atoms with E-state index < -0.39 is 0 Å². The van der Waals surface area contributed by atoms with Gasteiger partial charge in [0.05, 0.1) is 0 Å². The highest BCUT2D eigenvalue weighted by Crippen LogP contribution is 2.19. The normalized spacial score (nSPS) is 10.6. The van der Waals surface area contributed by atoms with Gasteiger partial charge in [-0.05, 0) is 54.8 Å². The number of aromatic nitrogens is 2. The summed E-state index contributed by atoms with van der Waals surface area (Å²) < 4.78 is 0. The Bertz CT molecular complexity index is 980. The van der Waals surface area contributed by atoms with E-state index in [1.54, 1.807) is 30.3 Å². The number of hydrogen-bond donors (Lipinski definition) is 2. The molecule has 0 bridgehead atoms. The molecule has 28 heavy (non-hydrogen) atoms. The van der Waals surface area contributed by atoms with Crippen LogP contribution in [0.2, 0.25) is 0 Å². The average Bonchev–Trinajstić information content (AvgIpc) is 2.69. The highest BCUT2D eigenvalue weighted by atomic mass is 16.2. The number of hydrogen-bond acceptors (Lipinski definition) is 5. The number of carbonyl (C=O) groups is 2. The fourth-order valence-electron chi connectivity index (χ4n) is 2.63. The van der Waals surface area contributed by atoms with Gasteiger partial charge in [0.2, 0.25) is 0 Å². The van der Waals surface area contributed by atoms with Gasteiger partial charge in [-0.1, -0.05) is 26.0 Å². The summed E-state index contributed by atoms with van der Waals surface area (Å²) in [5, 5.41) is 5.95. The molecule has 3 rings (SSSR count). The van der Waals surface area contributed by atoms with Gasteiger partial charge in [-0.15, -0.1) is 0 Å². The fraction of sp³-hybridized carbons (Fsp3) is 0.182. The molecule has 2 aromatic carbocycles. The van der Waals surface area contributed by atoms with E-state index in [1.807, 2.05) is 24.3 Å². The van der Waals surface area contributed by atoms with Crippen molar-refractivity contribution in [3.63, 3.8) is 0 Å². The Balaban J connectivity index is 1.69. The minimum absolute atomic E-state index is 0.00831. The van der Waals surface area contributed by atoms with Crippen molar-refractivity contribution in [1.82, 2.24) is 9.97 Å². The van der Waals surface area contributed by atoms with Crippen LogP contribution in [0.4, 0.5) is 17.2 Å². The zero-order valence-electron chi connectivity index (χ0n) is 16.1. The van der Waals surface area contributed by atoms with Crippen LogP contribution in [0, 0.1) is 0 Å². The van der Waals surface area contributed by atoms with Gasteiger partial charge in [0, 0.05) is 23.0 Å². The van der Waals surface area contributed by atoms with Crippen LogP contribution in [0.5, 0.6) is 0 Å². The van der Waals surface area contributed by atoms with Gasteiger partial charge in [-0.2, -0.15) is 0 Å². The molecule has 0 saturated carbocycles. The first-order valence-electron chi connectivity index (χ1n) is 9.04. The lowest BCUT2D eigenvalue weighted by Gasteiger charge is -2.09. The number of anilines is 3. The van der Waals surface area contributed by atoms with E-state index in [0.717, 1.165) is 5.69 Å². The first kappa shape index (κ1) is 19.2. The second-order valence-electron chi connectivity index (χ2n) is 6.78. The highest BCUT2D eigenvalue weighted by molar-refractivity contribution is 6.03. The zero-order chi connectivity index (χ0) is 20.1. The Morgan fingerprint density at radius 2 is 1.54 bits per heavy atom. The van der Waals surface area contributed by atoms with E-state index in [9.17, 15) is 9.59 Å². The van der Waals surface area contributed by atoms with Crippen LogP contribution in [-0.2, 0) is 0 Å². The Labute approximate surface area is 164 Å². The molecule has 0 spiro atoms. The SMILES string of the molecule is CC(=O)c1ccc(Nc2cc(C(=O)Nc3ccc(C(C)C)cc3)ncn2)cc1. The van der Waals surface area contributed by atoms with Gasteiger partial charge in [0.15, 0.2) is 5.78 Å². The molecular weight excluding hydrogens is 352 g/mol. The van der Waals surface area contributed by atoms with Crippen LogP contribution < -0.4 is 10.6 Å². The summed E-state index contributed by atoms with van der Waals surface area (Å²) in [5.41, 5.74) is 3.58. The number of ketones is 1. The molecule has 1 amide bonds. The largest absolute Gasteiger partial charge is 0.340 e. The lowest BCUT2D eigenvalue weighted by molar-refractivity contribution is 0.101. The smallest absolute Gasteiger partial charge is 0.274 e. The number of nitrogens with zero attached hydrogens (tertiary/aromatic N) is 2. The van der Waals surface area contributed by atoms with Crippen molar-refractivity contribution in [3.05, 3.63) is 77.7 Å². The van der Waals surface area contributed by atoms with E-state index in [1.165, 1.54) is 18.8 Å². The maximum atomic E-state index is 12.5. The molecule has 1 heterocycles. The maximum absolute atomic E-state index is 12.5. The lowest BCUT2D eigenvalue weighted by Crippen LogP contribution is -2.14. The minimum atomic E-state index is -0.310. The van der Waals surface area contributed by atoms with Crippen molar-refractivity contribution in [2.24, 2.45) is 0 Å². The second-order valence-corrected chi connectivity index (χ2v) is 6.78. The highest BCUT2D eigenvalue weighted by Gasteiger charge is 2.10. The Hall–Kier alpha value is -3.54. The molecule has 142 valence electrons. The van der Waals surface area contributed by atoms with E-state index in [0.29, 0.717) is 23.0 Å². The standard InChI is InChI=1S/C22H22N4O2/c1-14(2)16-4-8-19(9-5-16)26-22(28)20-12-21(24-13-23-20)25-18-10-6-17(7-11-18)15(3)27/h4-14H,1-3H3,(H,26,28)(H,23,24,25). The zero-order valence-corrected chi connectivity index (χ0v) is 16.1. The van der Waals surface area contributed by atoms with Crippen LogP contribution in [-0.4, -0.2) is 21.7 Å². The Morgan fingerprint density at radius 1 is 0.893 bits per heavy atom. The first-order chi connectivity index (χ1) is 13.4. The molecule has 0 radical (unpaired) electrons. The van der Waals surface area contributed by atoms with E-state index in [4.69, 9.17) is 0 Å². The molecule has 0 fully saturated rings. The predicted molar refractivity (Wildman–Crippen MR) is 110 cm³/mol. The molecule has 0 saturated heterocycles. The fourth-order valence-corrected chi connectivity index (χ4v) is 2.63. The summed E-state index contributed by atoms with van der Waals surface area (Å²) in [6, 6.07) is 16.4.